The van der Waals surface area contributed by atoms with E-state index in [1.807, 2.05) is 0 Å². The van der Waals surface area contributed by atoms with Crippen LogP contribution in [0.15, 0.2) is 0 Å². The van der Waals surface area contributed by atoms with Crippen LogP contribution in [0.2, 0.25) is 0 Å². The van der Waals surface area contributed by atoms with E-state index in [4.69, 9.17) is 0 Å². The highest BCUT2D eigenvalue weighted by Crippen LogP contribution is 2.27. The first-order valence-corrected chi connectivity index (χ1v) is 8.26. The van der Waals surface area contributed by atoms with Crippen LogP contribution in [-0.2, 0) is 0 Å². The molecule has 1 saturated heterocycles. The van der Waals surface area contributed by atoms with Crippen LogP contribution >= 0.6 is 0 Å². The molecule has 0 radical (unpaired) electrons. The Balaban J connectivity index is 1.84. The summed E-state index contributed by atoms with van der Waals surface area (Å²) in [4.78, 5) is 5.14. The monoisotopic (exact) mass is 267 g/mol. The maximum Gasteiger partial charge on any atom is 0.0249 e. The summed E-state index contributed by atoms with van der Waals surface area (Å²) in [7, 11) is 6.56. The smallest absolute Gasteiger partial charge is 0.0249 e. The predicted molar refractivity (Wildman–Crippen MR) is 82.6 cm³/mol. The molecule has 3 nitrogen and oxygen atoms in total. The van der Waals surface area contributed by atoms with Gasteiger partial charge in [0.2, 0.25) is 0 Å². The summed E-state index contributed by atoms with van der Waals surface area (Å²) in [6.07, 6.45) is 9.85. The maximum atomic E-state index is 3.58. The summed E-state index contributed by atoms with van der Waals surface area (Å²) in [6.45, 7) is 3.91. The lowest BCUT2D eigenvalue weighted by Gasteiger charge is -2.41. The molecular weight excluding hydrogens is 234 g/mol. The molecule has 1 aliphatic heterocycles. The van der Waals surface area contributed by atoms with Gasteiger partial charge in [0.1, 0.15) is 0 Å². The van der Waals surface area contributed by atoms with Gasteiger partial charge in [0.25, 0.3) is 0 Å². The number of hydrogen-bond donors (Lipinski definition) is 1. The van der Waals surface area contributed by atoms with E-state index in [0.29, 0.717) is 0 Å². The fourth-order valence-corrected chi connectivity index (χ4v) is 4.05. The van der Waals surface area contributed by atoms with Gasteiger partial charge < -0.3 is 10.2 Å². The van der Waals surface area contributed by atoms with Crippen LogP contribution in [0.4, 0.5) is 0 Å². The number of piperidine rings is 1. The van der Waals surface area contributed by atoms with Crippen LogP contribution in [0, 0.1) is 5.92 Å². The van der Waals surface area contributed by atoms with E-state index in [-0.39, 0.29) is 0 Å². The summed E-state index contributed by atoms with van der Waals surface area (Å²) in [5.74, 6) is 0.921. The van der Waals surface area contributed by atoms with Gasteiger partial charge in [-0.2, -0.15) is 0 Å². The first kappa shape index (κ1) is 15.3. The average molecular weight is 267 g/mol. The van der Waals surface area contributed by atoms with Crippen molar-refractivity contribution in [3.8, 4) is 0 Å². The van der Waals surface area contributed by atoms with Gasteiger partial charge in [-0.3, -0.25) is 4.90 Å². The Morgan fingerprint density at radius 2 is 1.68 bits per heavy atom. The van der Waals surface area contributed by atoms with Crippen molar-refractivity contribution >= 4 is 0 Å². The minimum Gasteiger partial charge on any atom is -0.315 e. The number of rotatable bonds is 4. The van der Waals surface area contributed by atoms with Crippen LogP contribution < -0.4 is 5.32 Å². The fraction of sp³-hybridized carbons (Fsp3) is 1.00. The van der Waals surface area contributed by atoms with E-state index in [2.05, 4.69) is 36.3 Å². The molecule has 112 valence electrons. The number of likely N-dealkylation sites (tertiary alicyclic amines) is 1. The van der Waals surface area contributed by atoms with Gasteiger partial charge in [0.05, 0.1) is 0 Å². The molecule has 1 heterocycles. The summed E-state index contributed by atoms with van der Waals surface area (Å²) in [5.41, 5.74) is 0. The zero-order valence-corrected chi connectivity index (χ0v) is 13.2. The normalized spacial score (nSPS) is 31.6. The van der Waals surface area contributed by atoms with Gasteiger partial charge >= 0.3 is 0 Å². The summed E-state index contributed by atoms with van der Waals surface area (Å²) in [6, 6.07) is 1.53. The Morgan fingerprint density at radius 3 is 2.32 bits per heavy atom. The lowest BCUT2D eigenvalue weighted by Crippen LogP contribution is -2.51. The summed E-state index contributed by atoms with van der Waals surface area (Å²) in [5, 5.41) is 3.58. The van der Waals surface area contributed by atoms with E-state index in [1.54, 1.807) is 0 Å². The van der Waals surface area contributed by atoms with E-state index in [0.717, 1.165) is 18.0 Å². The Labute approximate surface area is 119 Å². The third-order valence-electron chi connectivity index (χ3n) is 5.09. The summed E-state index contributed by atoms with van der Waals surface area (Å²) >= 11 is 0. The molecule has 1 saturated carbocycles. The molecule has 0 aromatic rings. The highest BCUT2D eigenvalue weighted by Gasteiger charge is 2.30. The zero-order chi connectivity index (χ0) is 13.7. The van der Waals surface area contributed by atoms with Gasteiger partial charge in [-0.25, -0.2) is 0 Å². The van der Waals surface area contributed by atoms with Crippen molar-refractivity contribution in [2.75, 3.05) is 40.8 Å². The molecule has 2 aliphatic rings. The molecule has 1 N–H and O–H groups in total. The quantitative estimate of drug-likeness (QED) is 0.788. The molecule has 0 bridgehead atoms. The zero-order valence-electron chi connectivity index (χ0n) is 13.2. The SMILES string of the molecule is CNC1CCCCCC1N1CCC(CN(C)C)CC1. The van der Waals surface area contributed by atoms with E-state index < -0.39 is 0 Å². The Bertz CT molecular complexity index is 246. The molecule has 2 rings (SSSR count). The van der Waals surface area contributed by atoms with E-state index in [9.17, 15) is 0 Å². The van der Waals surface area contributed by atoms with E-state index in [1.165, 1.54) is 64.6 Å². The lowest BCUT2D eigenvalue weighted by molar-refractivity contribution is 0.0947. The molecular formula is C16H33N3. The molecule has 1 aliphatic carbocycles. The first-order valence-electron chi connectivity index (χ1n) is 8.26. The molecule has 19 heavy (non-hydrogen) atoms. The highest BCUT2D eigenvalue weighted by molar-refractivity contribution is 4.88. The second-order valence-corrected chi connectivity index (χ2v) is 6.84. The van der Waals surface area contributed by atoms with Gasteiger partial charge in [-0.1, -0.05) is 19.3 Å². The van der Waals surface area contributed by atoms with Gasteiger partial charge in [0, 0.05) is 18.6 Å². The van der Waals surface area contributed by atoms with Crippen molar-refractivity contribution in [2.24, 2.45) is 5.92 Å². The third kappa shape index (κ3) is 4.44. The first-order chi connectivity index (χ1) is 9.20. The number of nitrogens with zero attached hydrogens (tertiary/aromatic N) is 2. The minimum atomic E-state index is 0.730. The van der Waals surface area contributed by atoms with Crippen LogP contribution in [0.3, 0.4) is 0 Å². The summed E-state index contributed by atoms with van der Waals surface area (Å²) < 4.78 is 0. The second kappa shape index (κ2) is 7.61. The van der Waals surface area contributed by atoms with Crippen molar-refractivity contribution in [1.82, 2.24) is 15.1 Å². The highest BCUT2D eigenvalue weighted by atomic mass is 15.2. The number of likely N-dealkylation sites (N-methyl/N-ethyl adjacent to an activating group) is 1. The molecule has 0 amide bonds. The van der Waals surface area contributed by atoms with Crippen LogP contribution in [0.25, 0.3) is 0 Å². The van der Waals surface area contributed by atoms with Crippen molar-refractivity contribution in [3.63, 3.8) is 0 Å². The Hall–Kier alpha value is -0.120. The molecule has 0 aromatic carbocycles. The Kier molecular flexibility index (Phi) is 6.11. The standard InChI is InChI=1S/C16H33N3/c1-17-15-7-5-4-6-8-16(15)19-11-9-14(10-12-19)13-18(2)3/h14-17H,4-13H2,1-3H3. The van der Waals surface area contributed by atoms with Gasteiger partial charge in [0.15, 0.2) is 0 Å². The third-order valence-corrected chi connectivity index (χ3v) is 5.09. The largest absolute Gasteiger partial charge is 0.315 e. The minimum absolute atomic E-state index is 0.730. The van der Waals surface area contributed by atoms with Crippen LogP contribution in [0.5, 0.6) is 0 Å². The van der Waals surface area contributed by atoms with Crippen molar-refractivity contribution in [2.45, 2.75) is 57.0 Å². The lowest BCUT2D eigenvalue weighted by atomic mass is 9.92. The van der Waals surface area contributed by atoms with Crippen LogP contribution in [-0.4, -0.2) is 62.7 Å². The number of nitrogens with one attached hydrogen (secondary N) is 1. The van der Waals surface area contributed by atoms with Crippen molar-refractivity contribution in [1.29, 1.82) is 0 Å². The topological polar surface area (TPSA) is 18.5 Å². The van der Waals surface area contributed by atoms with Gasteiger partial charge in [-0.15, -0.1) is 0 Å². The average Bonchev–Trinajstić information content (AvgIpc) is 2.64. The fourth-order valence-electron chi connectivity index (χ4n) is 4.05. The number of hydrogen-bond acceptors (Lipinski definition) is 3. The molecule has 0 spiro atoms. The predicted octanol–water partition coefficient (Wildman–Crippen LogP) is 2.18. The molecule has 2 fully saturated rings. The molecule has 0 aromatic heterocycles. The van der Waals surface area contributed by atoms with Gasteiger partial charge in [-0.05, 0) is 65.8 Å². The van der Waals surface area contributed by atoms with Crippen LogP contribution in [0.1, 0.15) is 44.9 Å². The second-order valence-electron chi connectivity index (χ2n) is 6.84. The van der Waals surface area contributed by atoms with Crippen molar-refractivity contribution < 1.29 is 0 Å². The maximum absolute atomic E-state index is 3.58. The van der Waals surface area contributed by atoms with E-state index >= 15 is 0 Å². The Morgan fingerprint density at radius 1 is 1.00 bits per heavy atom. The molecule has 2 atom stereocenters. The van der Waals surface area contributed by atoms with Crippen molar-refractivity contribution in [3.05, 3.63) is 0 Å². The molecule has 2 unspecified atom stereocenters. The molecule has 3 heteroatoms.